The quantitative estimate of drug-likeness (QED) is 0.684. The first-order valence-electron chi connectivity index (χ1n) is 8.78. The van der Waals surface area contributed by atoms with E-state index in [0.717, 1.165) is 19.4 Å². The van der Waals surface area contributed by atoms with Gasteiger partial charge < -0.3 is 10.6 Å². The van der Waals surface area contributed by atoms with Crippen molar-refractivity contribution in [3.8, 4) is 0 Å². The molecule has 2 aromatic rings. The van der Waals surface area contributed by atoms with Crippen molar-refractivity contribution in [2.75, 3.05) is 11.9 Å². The molecule has 1 aliphatic heterocycles. The topological polar surface area (TPSA) is 87.3 Å². The maximum absolute atomic E-state index is 12.9. The molecule has 3 rings (SSSR count). The van der Waals surface area contributed by atoms with Crippen LogP contribution in [0.2, 0.25) is 0 Å². The van der Waals surface area contributed by atoms with Gasteiger partial charge in [0.25, 0.3) is 5.91 Å². The van der Waals surface area contributed by atoms with E-state index in [1.165, 1.54) is 48.5 Å². The average Bonchev–Trinajstić information content (AvgIpc) is 2.64. The fraction of sp³-hybridized carbons (Fsp3) is 0.316. The molecule has 1 heterocycles. The molecule has 1 amide bonds. The molecule has 9 heteroatoms. The van der Waals surface area contributed by atoms with Gasteiger partial charge in [-0.05, 0) is 74.8 Å². The Balaban J connectivity index is 0.00000280. The summed E-state index contributed by atoms with van der Waals surface area (Å²) in [5.74, 6) is -0.818. The van der Waals surface area contributed by atoms with Crippen LogP contribution in [0.1, 0.15) is 30.1 Å². The summed E-state index contributed by atoms with van der Waals surface area (Å²) in [7, 11) is -3.64. The summed E-state index contributed by atoms with van der Waals surface area (Å²) in [6.07, 6.45) is 1.71. The van der Waals surface area contributed by atoms with Crippen LogP contribution in [-0.4, -0.2) is 33.0 Å². The van der Waals surface area contributed by atoms with Gasteiger partial charge in [-0.1, -0.05) is 0 Å². The Morgan fingerprint density at radius 2 is 1.75 bits per heavy atom. The third-order valence-electron chi connectivity index (χ3n) is 4.60. The van der Waals surface area contributed by atoms with Gasteiger partial charge in [-0.2, -0.15) is 0 Å². The number of nitrogens with one attached hydrogen (secondary N) is 3. The Morgan fingerprint density at radius 1 is 1.11 bits per heavy atom. The summed E-state index contributed by atoms with van der Waals surface area (Å²) < 4.78 is 40.8. The molecule has 0 bridgehead atoms. The SMILES string of the molecule is CC1NCCCC1NS(=O)(=O)c1ccc(NC(=O)c2ccc(F)cc2)cc1.Cl. The van der Waals surface area contributed by atoms with Gasteiger partial charge in [0.15, 0.2) is 0 Å². The number of hydrogen-bond acceptors (Lipinski definition) is 4. The van der Waals surface area contributed by atoms with E-state index in [2.05, 4.69) is 15.4 Å². The van der Waals surface area contributed by atoms with Crippen LogP contribution in [0.3, 0.4) is 0 Å². The predicted octanol–water partition coefficient (Wildman–Crippen LogP) is 2.92. The monoisotopic (exact) mass is 427 g/mol. The minimum atomic E-state index is -3.64. The van der Waals surface area contributed by atoms with Crippen molar-refractivity contribution in [2.45, 2.75) is 36.7 Å². The zero-order valence-corrected chi connectivity index (χ0v) is 16.9. The van der Waals surface area contributed by atoms with Gasteiger partial charge in [0.05, 0.1) is 4.90 Å². The molecule has 0 saturated carbocycles. The Hall–Kier alpha value is -2.00. The molecule has 152 valence electrons. The summed E-state index contributed by atoms with van der Waals surface area (Å²) in [5, 5.41) is 5.92. The third kappa shape index (κ3) is 5.51. The normalized spacial score (nSPS) is 19.5. The second kappa shape index (κ2) is 9.47. The van der Waals surface area contributed by atoms with E-state index in [1.807, 2.05) is 6.92 Å². The van der Waals surface area contributed by atoms with Gasteiger partial charge in [0, 0.05) is 23.3 Å². The molecule has 3 N–H and O–H groups in total. The molecule has 0 spiro atoms. The molecule has 2 atom stereocenters. The zero-order chi connectivity index (χ0) is 19.4. The molecule has 2 unspecified atom stereocenters. The Kier molecular flexibility index (Phi) is 7.54. The number of carbonyl (C=O) groups excluding carboxylic acids is 1. The molecular formula is C19H23ClFN3O3S. The number of rotatable bonds is 5. The van der Waals surface area contributed by atoms with Crippen LogP contribution >= 0.6 is 12.4 Å². The predicted molar refractivity (Wildman–Crippen MR) is 109 cm³/mol. The van der Waals surface area contributed by atoms with Crippen molar-refractivity contribution in [3.63, 3.8) is 0 Å². The number of halogens is 2. The molecule has 0 aromatic heterocycles. The molecule has 2 aromatic carbocycles. The fourth-order valence-corrected chi connectivity index (χ4v) is 4.35. The average molecular weight is 428 g/mol. The molecule has 0 radical (unpaired) electrons. The standard InChI is InChI=1S/C19H22FN3O3S.ClH/c1-13-18(3-2-12-21-13)23-27(25,26)17-10-8-16(9-11-17)22-19(24)14-4-6-15(20)7-5-14;/h4-11,13,18,21,23H,2-3,12H2,1H3,(H,22,24);1H. The summed E-state index contributed by atoms with van der Waals surface area (Å²) >= 11 is 0. The number of benzene rings is 2. The highest BCUT2D eigenvalue weighted by molar-refractivity contribution is 7.89. The lowest BCUT2D eigenvalue weighted by Crippen LogP contribution is -2.51. The van der Waals surface area contributed by atoms with Gasteiger partial charge in [0.2, 0.25) is 10.0 Å². The van der Waals surface area contributed by atoms with E-state index < -0.39 is 21.7 Å². The Labute approximate surface area is 170 Å². The molecular weight excluding hydrogens is 405 g/mol. The number of hydrogen-bond donors (Lipinski definition) is 3. The highest BCUT2D eigenvalue weighted by atomic mass is 35.5. The second-order valence-corrected chi connectivity index (χ2v) is 8.31. The fourth-order valence-electron chi connectivity index (χ4n) is 2.99. The van der Waals surface area contributed by atoms with E-state index in [-0.39, 0.29) is 29.4 Å². The van der Waals surface area contributed by atoms with E-state index >= 15 is 0 Å². The van der Waals surface area contributed by atoms with E-state index in [0.29, 0.717) is 11.3 Å². The van der Waals surface area contributed by atoms with Crippen LogP contribution < -0.4 is 15.4 Å². The van der Waals surface area contributed by atoms with Gasteiger partial charge >= 0.3 is 0 Å². The van der Waals surface area contributed by atoms with Crippen molar-refractivity contribution < 1.29 is 17.6 Å². The molecule has 0 aliphatic carbocycles. The van der Waals surface area contributed by atoms with E-state index in [1.54, 1.807) is 0 Å². The van der Waals surface area contributed by atoms with Crippen molar-refractivity contribution in [1.29, 1.82) is 0 Å². The number of carbonyl (C=O) groups is 1. The van der Waals surface area contributed by atoms with Crippen molar-refractivity contribution in [3.05, 3.63) is 59.9 Å². The number of amides is 1. The lowest BCUT2D eigenvalue weighted by Gasteiger charge is -2.30. The summed E-state index contributed by atoms with van der Waals surface area (Å²) in [6, 6.07) is 11.0. The molecule has 1 fully saturated rings. The van der Waals surface area contributed by atoms with Crippen LogP contribution in [0.15, 0.2) is 53.4 Å². The van der Waals surface area contributed by atoms with Crippen LogP contribution in [-0.2, 0) is 10.0 Å². The van der Waals surface area contributed by atoms with Crippen LogP contribution in [0.5, 0.6) is 0 Å². The van der Waals surface area contributed by atoms with Gasteiger partial charge in [-0.25, -0.2) is 17.5 Å². The Morgan fingerprint density at radius 3 is 2.36 bits per heavy atom. The first kappa shape index (κ1) is 22.3. The van der Waals surface area contributed by atoms with E-state index in [4.69, 9.17) is 0 Å². The largest absolute Gasteiger partial charge is 0.322 e. The van der Waals surface area contributed by atoms with Crippen LogP contribution in [0.4, 0.5) is 10.1 Å². The van der Waals surface area contributed by atoms with Gasteiger partial charge in [0.1, 0.15) is 5.82 Å². The number of sulfonamides is 1. The summed E-state index contributed by atoms with van der Waals surface area (Å²) in [5.41, 5.74) is 0.768. The van der Waals surface area contributed by atoms with Crippen molar-refractivity contribution >= 4 is 34.0 Å². The lowest BCUT2D eigenvalue weighted by molar-refractivity contribution is 0.102. The van der Waals surface area contributed by atoms with Crippen molar-refractivity contribution in [1.82, 2.24) is 10.0 Å². The molecule has 6 nitrogen and oxygen atoms in total. The minimum absolute atomic E-state index is 0. The van der Waals surface area contributed by atoms with Crippen LogP contribution in [0, 0.1) is 5.82 Å². The third-order valence-corrected chi connectivity index (χ3v) is 6.10. The van der Waals surface area contributed by atoms with Crippen molar-refractivity contribution in [2.24, 2.45) is 0 Å². The Bertz CT molecular complexity index is 905. The maximum Gasteiger partial charge on any atom is 0.255 e. The number of piperidine rings is 1. The highest BCUT2D eigenvalue weighted by Crippen LogP contribution is 2.17. The molecule has 1 saturated heterocycles. The lowest BCUT2D eigenvalue weighted by atomic mass is 10.0. The van der Waals surface area contributed by atoms with Crippen LogP contribution in [0.25, 0.3) is 0 Å². The second-order valence-electron chi connectivity index (χ2n) is 6.60. The zero-order valence-electron chi connectivity index (χ0n) is 15.3. The summed E-state index contributed by atoms with van der Waals surface area (Å²) in [6.45, 7) is 2.85. The molecule has 28 heavy (non-hydrogen) atoms. The summed E-state index contributed by atoms with van der Waals surface area (Å²) in [4.78, 5) is 12.3. The van der Waals surface area contributed by atoms with Gasteiger partial charge in [-0.15, -0.1) is 12.4 Å². The first-order valence-corrected chi connectivity index (χ1v) is 10.3. The van der Waals surface area contributed by atoms with E-state index in [9.17, 15) is 17.6 Å². The van der Waals surface area contributed by atoms with Gasteiger partial charge in [-0.3, -0.25) is 4.79 Å². The number of anilines is 1. The minimum Gasteiger partial charge on any atom is -0.322 e. The smallest absolute Gasteiger partial charge is 0.255 e. The maximum atomic E-state index is 12.9. The highest BCUT2D eigenvalue weighted by Gasteiger charge is 2.26. The molecule has 1 aliphatic rings. The first-order chi connectivity index (χ1) is 12.8.